The van der Waals surface area contributed by atoms with E-state index in [2.05, 4.69) is 15.9 Å². The molecule has 1 aromatic carbocycles. The quantitative estimate of drug-likeness (QED) is 0.872. The molecule has 6 heteroatoms. The molecular formula is C12H13BrO5. The fraction of sp³-hybridized carbons (Fsp3) is 0.333. The monoisotopic (exact) mass is 316 g/mol. The number of carboxylic acids is 2. The standard InChI is InChI=1S/C12H13BrO5/c1-12(2,11(16)17)6-18-7-3-4-9(13)8(5-7)10(14)15/h3-5H,6H2,1-2H3,(H,14,15)(H,16,17). The van der Waals surface area contributed by atoms with Gasteiger partial charge in [0.1, 0.15) is 12.4 Å². The zero-order valence-corrected chi connectivity index (χ0v) is 11.5. The van der Waals surface area contributed by atoms with Crippen LogP contribution in [0, 0.1) is 5.41 Å². The summed E-state index contributed by atoms with van der Waals surface area (Å²) in [5.41, 5.74) is -0.961. The van der Waals surface area contributed by atoms with E-state index in [4.69, 9.17) is 14.9 Å². The molecule has 1 rings (SSSR count). The molecule has 0 heterocycles. The van der Waals surface area contributed by atoms with Crippen LogP contribution in [0.3, 0.4) is 0 Å². The Morgan fingerprint density at radius 1 is 1.33 bits per heavy atom. The van der Waals surface area contributed by atoms with Gasteiger partial charge in [0.05, 0.1) is 11.0 Å². The average molecular weight is 317 g/mol. The lowest BCUT2D eigenvalue weighted by atomic mass is 9.95. The fourth-order valence-corrected chi connectivity index (χ4v) is 1.50. The van der Waals surface area contributed by atoms with Gasteiger partial charge in [-0.2, -0.15) is 0 Å². The second-order valence-corrected chi connectivity index (χ2v) is 5.28. The van der Waals surface area contributed by atoms with Crippen molar-refractivity contribution >= 4 is 27.9 Å². The maximum atomic E-state index is 10.9. The van der Waals surface area contributed by atoms with Crippen LogP contribution in [0.25, 0.3) is 0 Å². The highest BCUT2D eigenvalue weighted by Gasteiger charge is 2.28. The summed E-state index contributed by atoms with van der Waals surface area (Å²) in [6.07, 6.45) is 0. The lowest BCUT2D eigenvalue weighted by molar-refractivity contribution is -0.148. The minimum Gasteiger partial charge on any atom is -0.492 e. The molecule has 0 saturated heterocycles. The Balaban J connectivity index is 2.84. The molecule has 5 nitrogen and oxygen atoms in total. The maximum absolute atomic E-state index is 10.9. The number of carbonyl (C=O) groups is 2. The van der Waals surface area contributed by atoms with Gasteiger partial charge in [-0.15, -0.1) is 0 Å². The third-order valence-corrected chi connectivity index (χ3v) is 3.04. The molecule has 0 aromatic heterocycles. The Bertz CT molecular complexity index is 481. The summed E-state index contributed by atoms with van der Waals surface area (Å²) in [5.74, 6) is -1.73. The summed E-state index contributed by atoms with van der Waals surface area (Å²) >= 11 is 3.11. The second-order valence-electron chi connectivity index (χ2n) is 4.42. The summed E-state index contributed by atoms with van der Waals surface area (Å²) in [5, 5.41) is 17.9. The van der Waals surface area contributed by atoms with Crippen LogP contribution in [-0.4, -0.2) is 28.8 Å². The topological polar surface area (TPSA) is 83.8 Å². The highest BCUT2D eigenvalue weighted by Crippen LogP contribution is 2.24. The third kappa shape index (κ3) is 3.46. The molecule has 0 aliphatic heterocycles. The summed E-state index contributed by atoms with van der Waals surface area (Å²) in [4.78, 5) is 21.8. The van der Waals surface area contributed by atoms with Crippen LogP contribution >= 0.6 is 15.9 Å². The average Bonchev–Trinajstić information content (AvgIpc) is 2.27. The highest BCUT2D eigenvalue weighted by atomic mass is 79.9. The molecule has 1 aromatic rings. The number of halogens is 1. The van der Waals surface area contributed by atoms with E-state index in [1.165, 1.54) is 19.9 Å². The van der Waals surface area contributed by atoms with Gasteiger partial charge in [-0.3, -0.25) is 4.79 Å². The van der Waals surface area contributed by atoms with E-state index in [0.29, 0.717) is 10.2 Å². The molecule has 0 bridgehead atoms. The van der Waals surface area contributed by atoms with Crippen molar-refractivity contribution in [1.29, 1.82) is 0 Å². The van der Waals surface area contributed by atoms with Crippen molar-refractivity contribution in [2.24, 2.45) is 5.41 Å². The van der Waals surface area contributed by atoms with Crippen molar-refractivity contribution in [3.63, 3.8) is 0 Å². The predicted molar refractivity (Wildman–Crippen MR) is 68.0 cm³/mol. The molecule has 0 spiro atoms. The normalized spacial score (nSPS) is 11.1. The Morgan fingerprint density at radius 3 is 2.44 bits per heavy atom. The van der Waals surface area contributed by atoms with Gasteiger partial charge >= 0.3 is 11.9 Å². The van der Waals surface area contributed by atoms with E-state index in [1.54, 1.807) is 12.1 Å². The van der Waals surface area contributed by atoms with E-state index < -0.39 is 17.4 Å². The van der Waals surface area contributed by atoms with Crippen molar-refractivity contribution in [3.05, 3.63) is 28.2 Å². The van der Waals surface area contributed by atoms with Crippen LogP contribution in [0.15, 0.2) is 22.7 Å². The second kappa shape index (κ2) is 5.39. The first-order valence-corrected chi connectivity index (χ1v) is 5.92. The molecule has 0 aliphatic carbocycles. The Hall–Kier alpha value is -1.56. The molecular weight excluding hydrogens is 304 g/mol. The number of hydrogen-bond donors (Lipinski definition) is 2. The zero-order valence-electron chi connectivity index (χ0n) is 9.94. The molecule has 0 radical (unpaired) electrons. The van der Waals surface area contributed by atoms with Gasteiger partial charge in [0, 0.05) is 4.47 Å². The molecule has 0 atom stereocenters. The van der Waals surface area contributed by atoms with Gasteiger partial charge < -0.3 is 14.9 Å². The number of hydrogen-bond acceptors (Lipinski definition) is 3. The first-order valence-electron chi connectivity index (χ1n) is 5.13. The van der Waals surface area contributed by atoms with E-state index in [0.717, 1.165) is 0 Å². The number of aromatic carboxylic acids is 1. The largest absolute Gasteiger partial charge is 0.492 e. The Labute approximate surface area is 113 Å². The molecule has 0 aliphatic rings. The maximum Gasteiger partial charge on any atom is 0.336 e. The van der Waals surface area contributed by atoms with Crippen molar-refractivity contribution in [2.75, 3.05) is 6.61 Å². The smallest absolute Gasteiger partial charge is 0.336 e. The number of rotatable bonds is 5. The SMILES string of the molecule is CC(C)(COc1ccc(Br)c(C(=O)O)c1)C(=O)O. The van der Waals surface area contributed by atoms with Gasteiger partial charge in [0.25, 0.3) is 0 Å². The van der Waals surface area contributed by atoms with Crippen molar-refractivity contribution in [1.82, 2.24) is 0 Å². The Kier molecular flexibility index (Phi) is 4.34. The van der Waals surface area contributed by atoms with Gasteiger partial charge in [-0.05, 0) is 48.0 Å². The third-order valence-electron chi connectivity index (χ3n) is 2.35. The lowest BCUT2D eigenvalue weighted by Gasteiger charge is -2.19. The van der Waals surface area contributed by atoms with E-state index in [-0.39, 0.29) is 12.2 Å². The van der Waals surface area contributed by atoms with E-state index in [9.17, 15) is 9.59 Å². The van der Waals surface area contributed by atoms with Crippen LogP contribution < -0.4 is 4.74 Å². The van der Waals surface area contributed by atoms with Crippen LogP contribution in [0.5, 0.6) is 5.75 Å². The minimum absolute atomic E-state index is 0.0387. The highest BCUT2D eigenvalue weighted by molar-refractivity contribution is 9.10. The van der Waals surface area contributed by atoms with Gasteiger partial charge in [0.2, 0.25) is 0 Å². The first-order chi connectivity index (χ1) is 8.24. The van der Waals surface area contributed by atoms with Crippen LogP contribution in [0.2, 0.25) is 0 Å². The van der Waals surface area contributed by atoms with Crippen LogP contribution in [0.1, 0.15) is 24.2 Å². The van der Waals surface area contributed by atoms with Crippen molar-refractivity contribution in [3.8, 4) is 5.75 Å². The molecule has 0 amide bonds. The van der Waals surface area contributed by atoms with Gasteiger partial charge in [0.15, 0.2) is 0 Å². The summed E-state index contributed by atoms with van der Waals surface area (Å²) < 4.78 is 5.76. The lowest BCUT2D eigenvalue weighted by Crippen LogP contribution is -2.30. The molecule has 18 heavy (non-hydrogen) atoms. The van der Waals surface area contributed by atoms with E-state index >= 15 is 0 Å². The van der Waals surface area contributed by atoms with Crippen molar-refractivity contribution < 1.29 is 24.5 Å². The number of carboxylic acid groups (broad SMARTS) is 2. The van der Waals surface area contributed by atoms with Gasteiger partial charge in [-0.1, -0.05) is 0 Å². The number of ether oxygens (including phenoxy) is 1. The van der Waals surface area contributed by atoms with E-state index in [1.807, 2.05) is 0 Å². The van der Waals surface area contributed by atoms with Crippen molar-refractivity contribution in [2.45, 2.75) is 13.8 Å². The fourth-order valence-electron chi connectivity index (χ4n) is 1.08. The molecule has 98 valence electrons. The first kappa shape index (κ1) is 14.5. The molecule has 0 saturated carbocycles. The molecule has 0 unspecified atom stereocenters. The summed E-state index contributed by atoms with van der Waals surface area (Å²) in [7, 11) is 0. The number of aliphatic carboxylic acids is 1. The zero-order chi connectivity index (χ0) is 13.9. The Morgan fingerprint density at radius 2 is 1.94 bits per heavy atom. The van der Waals surface area contributed by atoms with Crippen LogP contribution in [0.4, 0.5) is 0 Å². The summed E-state index contributed by atoms with van der Waals surface area (Å²) in [6.45, 7) is 3.03. The molecule has 0 fully saturated rings. The molecule has 2 N–H and O–H groups in total. The van der Waals surface area contributed by atoms with Gasteiger partial charge in [-0.25, -0.2) is 4.79 Å². The summed E-state index contributed by atoms with van der Waals surface area (Å²) in [6, 6.07) is 4.48. The minimum atomic E-state index is -1.08. The van der Waals surface area contributed by atoms with Crippen LogP contribution in [-0.2, 0) is 4.79 Å². The predicted octanol–water partition coefficient (Wildman–Crippen LogP) is 2.64. The number of benzene rings is 1.